The van der Waals surface area contributed by atoms with Crippen LogP contribution in [0.4, 0.5) is 0 Å². The second kappa shape index (κ2) is 7.19. The summed E-state index contributed by atoms with van der Waals surface area (Å²) in [5, 5.41) is 12.6. The van der Waals surface area contributed by atoms with Crippen LogP contribution in [-0.2, 0) is 19.1 Å². The smallest absolute Gasteiger partial charge is 0.333 e. The molecule has 0 aromatic carbocycles. The molecule has 0 heterocycles. The molecule has 172 valence electrons. The Kier molecular flexibility index (Phi) is 5.24. The first kappa shape index (κ1) is 22.6. The molecule has 4 aliphatic rings. The van der Waals surface area contributed by atoms with E-state index < -0.39 is 27.9 Å². The second-order valence-electron chi connectivity index (χ2n) is 11.1. The summed E-state index contributed by atoms with van der Waals surface area (Å²) >= 11 is 0. The van der Waals surface area contributed by atoms with E-state index in [1.165, 1.54) is 7.11 Å². The zero-order chi connectivity index (χ0) is 22.8. The fourth-order valence-corrected chi connectivity index (χ4v) is 8.24. The summed E-state index contributed by atoms with van der Waals surface area (Å²) in [6.45, 7) is 12.1. The van der Waals surface area contributed by atoms with Crippen molar-refractivity contribution in [2.75, 3.05) is 7.11 Å². The van der Waals surface area contributed by atoms with Crippen molar-refractivity contribution in [1.29, 1.82) is 0 Å². The molecule has 4 fully saturated rings. The topological polar surface area (TPSA) is 72.8 Å². The number of ether oxygens (including phenoxy) is 2. The molecule has 4 saturated carbocycles. The van der Waals surface area contributed by atoms with E-state index >= 15 is 0 Å². The highest BCUT2D eigenvalue weighted by Gasteiger charge is 2.75. The molecule has 0 radical (unpaired) electrons. The van der Waals surface area contributed by atoms with Crippen LogP contribution in [0.3, 0.4) is 0 Å². The number of aliphatic hydroxyl groups is 1. The predicted octanol–water partition coefficient (Wildman–Crippen LogP) is 4.73. The highest BCUT2D eigenvalue weighted by atomic mass is 16.5. The number of hydrogen-bond acceptors (Lipinski definition) is 5. The molecule has 0 saturated heterocycles. The Morgan fingerprint density at radius 2 is 1.87 bits per heavy atom. The van der Waals surface area contributed by atoms with Crippen LogP contribution in [0.1, 0.15) is 79.1 Å². The fraction of sp³-hybridized carbons (Fsp3) is 0.769. The van der Waals surface area contributed by atoms with E-state index in [1.54, 1.807) is 13.0 Å². The molecule has 7 atom stereocenters. The van der Waals surface area contributed by atoms with Crippen molar-refractivity contribution in [3.8, 4) is 0 Å². The van der Waals surface area contributed by atoms with Crippen LogP contribution in [0.2, 0.25) is 0 Å². The lowest BCUT2D eigenvalue weighted by atomic mass is 9.38. The summed E-state index contributed by atoms with van der Waals surface area (Å²) in [7, 11) is 1.46. The maximum Gasteiger partial charge on any atom is 0.333 e. The van der Waals surface area contributed by atoms with Gasteiger partial charge < -0.3 is 14.6 Å². The van der Waals surface area contributed by atoms with E-state index in [1.807, 2.05) is 13.8 Å². The average molecular weight is 431 g/mol. The van der Waals surface area contributed by atoms with Crippen molar-refractivity contribution in [3.05, 3.63) is 23.8 Å². The van der Waals surface area contributed by atoms with Crippen LogP contribution in [-0.4, -0.2) is 35.9 Å². The van der Waals surface area contributed by atoms with Crippen molar-refractivity contribution in [2.24, 2.45) is 28.1 Å². The molecule has 1 spiro atoms. The van der Waals surface area contributed by atoms with Crippen LogP contribution in [0, 0.1) is 28.1 Å². The first-order valence-corrected chi connectivity index (χ1v) is 11.8. The van der Waals surface area contributed by atoms with Gasteiger partial charge in [-0.15, -0.1) is 0 Å². The summed E-state index contributed by atoms with van der Waals surface area (Å²) in [6, 6.07) is 0. The minimum Gasteiger partial charge on any atom is -0.469 e. The molecule has 2 bridgehead atoms. The molecule has 4 rings (SSSR count). The maximum atomic E-state index is 12.9. The number of methoxy groups -OCH3 is 1. The van der Waals surface area contributed by atoms with Gasteiger partial charge in [0, 0.05) is 16.4 Å². The number of allylic oxidation sites excluding steroid dienone is 1. The van der Waals surface area contributed by atoms with Gasteiger partial charge in [-0.05, 0) is 83.1 Å². The van der Waals surface area contributed by atoms with Gasteiger partial charge in [0.1, 0.15) is 6.10 Å². The minimum atomic E-state index is -1.01. The second-order valence-corrected chi connectivity index (χ2v) is 11.1. The number of rotatable bonds is 3. The molecular weight excluding hydrogens is 392 g/mol. The molecule has 5 nitrogen and oxygen atoms in total. The van der Waals surface area contributed by atoms with Gasteiger partial charge in [0.05, 0.1) is 18.1 Å². The zero-order valence-electron chi connectivity index (χ0n) is 19.8. The van der Waals surface area contributed by atoms with Crippen molar-refractivity contribution >= 4 is 11.9 Å². The van der Waals surface area contributed by atoms with Gasteiger partial charge in [-0.25, -0.2) is 4.79 Å². The Morgan fingerprint density at radius 1 is 1.16 bits per heavy atom. The summed E-state index contributed by atoms with van der Waals surface area (Å²) in [4.78, 5) is 25.6. The summed E-state index contributed by atoms with van der Waals surface area (Å²) in [5.74, 6) is -0.178. The van der Waals surface area contributed by atoms with E-state index in [0.29, 0.717) is 12.0 Å². The molecule has 31 heavy (non-hydrogen) atoms. The Balaban J connectivity index is 1.79. The quantitative estimate of drug-likeness (QED) is 0.398. The number of fused-ring (bicyclic) bond motifs is 3. The maximum absolute atomic E-state index is 12.9. The lowest BCUT2D eigenvalue weighted by Crippen LogP contribution is -2.71. The zero-order valence-corrected chi connectivity index (χ0v) is 19.8. The Hall–Kier alpha value is -1.62. The lowest BCUT2D eigenvalue weighted by Gasteiger charge is -2.68. The molecule has 0 aromatic rings. The molecule has 7 unspecified atom stereocenters. The third-order valence-corrected chi connectivity index (χ3v) is 10.0. The van der Waals surface area contributed by atoms with Gasteiger partial charge in [-0.1, -0.05) is 26.0 Å². The van der Waals surface area contributed by atoms with Crippen molar-refractivity contribution in [1.82, 2.24) is 0 Å². The molecule has 4 aliphatic carbocycles. The SMILES string of the molecule is C=C1C2CCC3(O)C4(C)CCCC(C)(C(=O)OC)C4CCC3(C2)C1OC(=O)C(C)=CC. The van der Waals surface area contributed by atoms with Crippen LogP contribution >= 0.6 is 0 Å². The van der Waals surface area contributed by atoms with Crippen LogP contribution in [0.5, 0.6) is 0 Å². The molecule has 0 aromatic heterocycles. The van der Waals surface area contributed by atoms with E-state index in [0.717, 1.165) is 50.5 Å². The van der Waals surface area contributed by atoms with Crippen molar-refractivity contribution in [2.45, 2.75) is 90.8 Å². The highest BCUT2D eigenvalue weighted by molar-refractivity contribution is 5.88. The third-order valence-electron chi connectivity index (χ3n) is 10.0. The van der Waals surface area contributed by atoms with E-state index in [2.05, 4.69) is 13.5 Å². The van der Waals surface area contributed by atoms with Crippen LogP contribution < -0.4 is 0 Å². The summed E-state index contributed by atoms with van der Waals surface area (Å²) in [6.07, 6.45) is 7.71. The number of hydrogen-bond donors (Lipinski definition) is 1. The fourth-order valence-electron chi connectivity index (χ4n) is 8.24. The molecular formula is C26H38O5. The molecule has 0 aliphatic heterocycles. The Morgan fingerprint density at radius 3 is 2.52 bits per heavy atom. The molecule has 5 heteroatoms. The lowest BCUT2D eigenvalue weighted by molar-refractivity contribution is -0.278. The van der Waals surface area contributed by atoms with Gasteiger partial charge in [-0.2, -0.15) is 0 Å². The summed E-state index contributed by atoms with van der Waals surface area (Å²) in [5.41, 5.74) is -1.05. The van der Waals surface area contributed by atoms with Gasteiger partial charge in [-0.3, -0.25) is 4.79 Å². The van der Waals surface area contributed by atoms with Crippen LogP contribution in [0.25, 0.3) is 0 Å². The summed E-state index contributed by atoms with van der Waals surface area (Å²) < 4.78 is 11.3. The van der Waals surface area contributed by atoms with Gasteiger partial charge in [0.15, 0.2) is 0 Å². The van der Waals surface area contributed by atoms with E-state index in [9.17, 15) is 14.7 Å². The monoisotopic (exact) mass is 430 g/mol. The van der Waals surface area contributed by atoms with Gasteiger partial charge in [0.2, 0.25) is 0 Å². The van der Waals surface area contributed by atoms with E-state index in [4.69, 9.17) is 9.47 Å². The Bertz CT molecular complexity index is 845. The first-order valence-electron chi connectivity index (χ1n) is 11.8. The predicted molar refractivity (Wildman–Crippen MR) is 118 cm³/mol. The van der Waals surface area contributed by atoms with Crippen LogP contribution in [0.15, 0.2) is 23.8 Å². The van der Waals surface area contributed by atoms with Crippen molar-refractivity contribution < 1.29 is 24.2 Å². The highest BCUT2D eigenvalue weighted by Crippen LogP contribution is 2.74. The van der Waals surface area contributed by atoms with E-state index in [-0.39, 0.29) is 23.8 Å². The third kappa shape index (κ3) is 2.71. The Labute approximate surface area is 186 Å². The van der Waals surface area contributed by atoms with Gasteiger partial charge in [0.25, 0.3) is 0 Å². The number of carbonyl (C=O) groups is 2. The largest absolute Gasteiger partial charge is 0.469 e. The molecule has 0 amide bonds. The number of esters is 2. The normalized spacial score (nSPS) is 46.7. The minimum absolute atomic E-state index is 0.0378. The number of carbonyl (C=O) groups excluding carboxylic acids is 2. The van der Waals surface area contributed by atoms with Gasteiger partial charge >= 0.3 is 11.9 Å². The average Bonchev–Trinajstić information content (AvgIpc) is 2.97. The van der Waals surface area contributed by atoms with Crippen molar-refractivity contribution in [3.63, 3.8) is 0 Å². The first-order chi connectivity index (χ1) is 14.5. The standard InChI is InChI=1S/C26H38O5/c1-7-16(2)21(27)31-20-17(3)18-9-14-26(29)24(5)12-8-11-23(4,22(28)30-6)19(24)10-13-25(20,26)15-18/h7,18-20,29H,3,8-15H2,1-2,4-6H3. The molecule has 1 N–H and O–H groups in total.